The normalized spacial score (nSPS) is 10.1. The quantitative estimate of drug-likeness (QED) is 0.618. The van der Waals surface area contributed by atoms with Crippen LogP contribution in [0, 0.1) is 6.92 Å². The fourth-order valence-electron chi connectivity index (χ4n) is 0.902. The van der Waals surface area contributed by atoms with Crippen molar-refractivity contribution in [1.29, 1.82) is 0 Å². The van der Waals surface area contributed by atoms with Gasteiger partial charge < -0.3 is 5.32 Å². The Morgan fingerprint density at radius 2 is 2.38 bits per heavy atom. The topological polar surface area (TPSA) is 54.0 Å². The Kier molecular flexibility index (Phi) is 6.67. The van der Waals surface area contributed by atoms with Gasteiger partial charge in [-0.1, -0.05) is 0 Å². The number of hydrogen-bond donors (Lipinski definition) is 2. The van der Waals surface area contributed by atoms with Crippen molar-refractivity contribution in [2.45, 2.75) is 12.7 Å². The zero-order valence-electron chi connectivity index (χ0n) is 9.28. The van der Waals surface area contributed by atoms with E-state index in [0.29, 0.717) is 0 Å². The molecule has 1 aromatic rings. The van der Waals surface area contributed by atoms with Gasteiger partial charge in [0.15, 0.2) is 0 Å². The van der Waals surface area contributed by atoms with Gasteiger partial charge in [-0.05, 0) is 36.0 Å². The maximum Gasteiger partial charge on any atom is 0.324 e. The molecule has 2 N–H and O–H groups in total. The van der Waals surface area contributed by atoms with Crippen LogP contribution in [0.3, 0.4) is 0 Å². The van der Waals surface area contributed by atoms with Crippen molar-refractivity contribution in [3.05, 3.63) is 16.6 Å². The summed E-state index contributed by atoms with van der Waals surface area (Å²) >= 11 is 4.80. The zero-order valence-corrected chi connectivity index (χ0v) is 11.7. The number of carbonyl (C=O) groups is 1. The number of nitrogens with zero attached hydrogens (tertiary/aromatic N) is 1. The summed E-state index contributed by atoms with van der Waals surface area (Å²) in [6, 6.07) is -0.145. The first kappa shape index (κ1) is 13.7. The molecule has 16 heavy (non-hydrogen) atoms. The zero-order chi connectivity index (χ0) is 11.8. The lowest BCUT2D eigenvalue weighted by atomic mass is 10.3. The van der Waals surface area contributed by atoms with Crippen LogP contribution in [0.2, 0.25) is 0 Å². The van der Waals surface area contributed by atoms with E-state index >= 15 is 0 Å². The average Bonchev–Trinajstić information content (AvgIpc) is 2.69. The third-order valence-corrected chi connectivity index (χ3v) is 4.60. The van der Waals surface area contributed by atoms with Crippen LogP contribution in [0.4, 0.5) is 4.79 Å². The molecule has 0 aromatic carbocycles. The van der Waals surface area contributed by atoms with Crippen LogP contribution in [0.1, 0.15) is 11.3 Å². The summed E-state index contributed by atoms with van der Waals surface area (Å²) in [7, 11) is 1.61. The Bertz CT molecular complexity index is 330. The predicted molar refractivity (Wildman–Crippen MR) is 73.1 cm³/mol. The van der Waals surface area contributed by atoms with Gasteiger partial charge in [0.05, 0.1) is 5.69 Å². The molecule has 2 amide bonds. The van der Waals surface area contributed by atoms with Gasteiger partial charge >= 0.3 is 6.03 Å². The summed E-state index contributed by atoms with van der Waals surface area (Å²) in [5.41, 5.74) is 2.45. The molecule has 0 atom stereocenters. The highest BCUT2D eigenvalue weighted by Crippen LogP contribution is 2.17. The summed E-state index contributed by atoms with van der Waals surface area (Å²) in [4.78, 5) is 10.8. The molecule has 7 heteroatoms. The summed E-state index contributed by atoms with van der Waals surface area (Å²) in [5, 5.41) is 4.60. The van der Waals surface area contributed by atoms with Crippen molar-refractivity contribution in [3.8, 4) is 0 Å². The fourth-order valence-corrected chi connectivity index (χ4v) is 3.51. The molecular weight excluding hydrogens is 262 g/mol. The molecule has 1 aromatic heterocycles. The van der Waals surface area contributed by atoms with E-state index < -0.39 is 0 Å². The number of carbonyl (C=O) groups excluding carboxylic acids is 1. The van der Waals surface area contributed by atoms with Crippen molar-refractivity contribution in [2.75, 3.05) is 18.6 Å². The SMILES string of the molecule is CNC(=O)NSCCSCc1csnc1C. The van der Waals surface area contributed by atoms with Gasteiger partial charge in [-0.15, -0.1) is 0 Å². The number of hydrogen-bond acceptors (Lipinski definition) is 5. The van der Waals surface area contributed by atoms with Crippen LogP contribution in [0.5, 0.6) is 0 Å². The molecule has 0 spiro atoms. The maximum absolute atomic E-state index is 10.8. The molecule has 0 aliphatic rings. The van der Waals surface area contributed by atoms with E-state index in [2.05, 4.69) is 19.8 Å². The average molecular weight is 277 g/mol. The monoisotopic (exact) mass is 277 g/mol. The first-order valence-electron chi connectivity index (χ1n) is 4.81. The van der Waals surface area contributed by atoms with Crippen molar-refractivity contribution < 1.29 is 4.79 Å². The van der Waals surface area contributed by atoms with Crippen LogP contribution in [-0.4, -0.2) is 29.0 Å². The Hall–Kier alpha value is -0.400. The number of urea groups is 1. The van der Waals surface area contributed by atoms with Crippen LogP contribution in [0.15, 0.2) is 5.38 Å². The van der Waals surface area contributed by atoms with Crippen LogP contribution in [-0.2, 0) is 5.75 Å². The van der Waals surface area contributed by atoms with Crippen molar-refractivity contribution in [3.63, 3.8) is 0 Å². The number of aryl methyl sites for hydroxylation is 1. The van der Waals surface area contributed by atoms with Crippen LogP contribution in [0.25, 0.3) is 0 Å². The minimum atomic E-state index is -0.145. The molecular formula is C9H15N3OS3. The lowest BCUT2D eigenvalue weighted by molar-refractivity contribution is 0.248. The third kappa shape index (κ3) is 5.09. The highest BCUT2D eigenvalue weighted by molar-refractivity contribution is 8.01. The second-order valence-corrected chi connectivity index (χ2v) is 5.64. The van der Waals surface area contributed by atoms with Gasteiger partial charge in [0.1, 0.15) is 0 Å². The molecule has 0 unspecified atom stereocenters. The van der Waals surface area contributed by atoms with E-state index in [1.165, 1.54) is 29.0 Å². The first-order valence-corrected chi connectivity index (χ1v) is 7.79. The Balaban J connectivity index is 2.00. The van der Waals surface area contributed by atoms with Crippen LogP contribution < -0.4 is 10.0 Å². The smallest absolute Gasteiger partial charge is 0.324 e. The minimum absolute atomic E-state index is 0.145. The van der Waals surface area contributed by atoms with Gasteiger partial charge in [0, 0.05) is 29.7 Å². The van der Waals surface area contributed by atoms with E-state index in [1.807, 2.05) is 18.7 Å². The second kappa shape index (κ2) is 7.81. The van der Waals surface area contributed by atoms with Gasteiger partial charge in [0.2, 0.25) is 0 Å². The number of rotatable bonds is 6. The van der Waals surface area contributed by atoms with Gasteiger partial charge in [0.25, 0.3) is 0 Å². The fraction of sp³-hybridized carbons (Fsp3) is 0.556. The van der Waals surface area contributed by atoms with E-state index in [9.17, 15) is 4.79 Å². The number of nitrogens with one attached hydrogen (secondary N) is 2. The minimum Gasteiger partial charge on any atom is -0.341 e. The van der Waals surface area contributed by atoms with Crippen LogP contribution >= 0.6 is 35.2 Å². The molecule has 0 bridgehead atoms. The maximum atomic E-state index is 10.8. The number of thioether (sulfide) groups is 1. The lowest BCUT2D eigenvalue weighted by Gasteiger charge is -2.03. The van der Waals surface area contributed by atoms with Gasteiger partial charge in [-0.25, -0.2) is 4.79 Å². The summed E-state index contributed by atoms with van der Waals surface area (Å²) in [6.45, 7) is 2.04. The third-order valence-electron chi connectivity index (χ3n) is 1.83. The predicted octanol–water partition coefficient (Wildman–Crippen LogP) is 2.26. The molecule has 0 aliphatic heterocycles. The van der Waals surface area contributed by atoms with E-state index in [-0.39, 0.29) is 6.03 Å². The molecule has 0 aliphatic carbocycles. The summed E-state index contributed by atoms with van der Waals surface area (Å²) in [6.07, 6.45) is 0. The highest BCUT2D eigenvalue weighted by atomic mass is 32.2. The Morgan fingerprint density at radius 1 is 1.56 bits per heavy atom. The molecule has 0 fully saturated rings. The molecule has 0 saturated heterocycles. The lowest BCUT2D eigenvalue weighted by Crippen LogP contribution is -2.27. The van der Waals surface area contributed by atoms with E-state index in [0.717, 1.165) is 23.0 Å². The molecule has 0 saturated carbocycles. The van der Waals surface area contributed by atoms with Crippen molar-refractivity contribution in [1.82, 2.24) is 14.4 Å². The van der Waals surface area contributed by atoms with Gasteiger partial charge in [-0.3, -0.25) is 4.72 Å². The first-order chi connectivity index (χ1) is 7.74. The molecule has 90 valence electrons. The Labute approximate surface area is 108 Å². The van der Waals surface area contributed by atoms with E-state index in [4.69, 9.17) is 0 Å². The number of aromatic nitrogens is 1. The summed E-state index contributed by atoms with van der Waals surface area (Å²) in [5.74, 6) is 2.93. The highest BCUT2D eigenvalue weighted by Gasteiger charge is 2.01. The largest absolute Gasteiger partial charge is 0.341 e. The van der Waals surface area contributed by atoms with Crippen molar-refractivity contribution >= 4 is 41.3 Å². The van der Waals surface area contributed by atoms with Gasteiger partial charge in [-0.2, -0.15) is 16.1 Å². The summed E-state index contributed by atoms with van der Waals surface area (Å²) < 4.78 is 6.90. The molecule has 1 heterocycles. The molecule has 4 nitrogen and oxygen atoms in total. The standard InChI is InChI=1S/C9H15N3OS3/c1-7-8(6-16-11-7)5-14-3-4-15-12-9(13)10-2/h6H,3-5H2,1-2H3,(H2,10,12,13). The second-order valence-electron chi connectivity index (χ2n) is 3.01. The van der Waals surface area contributed by atoms with Crippen molar-refractivity contribution in [2.24, 2.45) is 0 Å². The molecule has 0 radical (unpaired) electrons. The molecule has 1 rings (SSSR count). The van der Waals surface area contributed by atoms with E-state index in [1.54, 1.807) is 7.05 Å². The number of amides is 2. The Morgan fingerprint density at radius 3 is 3.00 bits per heavy atom.